The van der Waals surface area contributed by atoms with Crippen LogP contribution < -0.4 is 19.7 Å². The molecule has 0 bridgehead atoms. The molecule has 65 heavy (non-hydrogen) atoms. The van der Waals surface area contributed by atoms with Crippen LogP contribution in [0.3, 0.4) is 0 Å². The van der Waals surface area contributed by atoms with Crippen LogP contribution in [-0.2, 0) is 53.0 Å². The van der Waals surface area contributed by atoms with E-state index in [4.69, 9.17) is 38.9 Å². The molecular weight excluding hydrogens is 853 g/mol. The number of hydrogen-bond donors (Lipinski definition) is 0. The Morgan fingerprint density at radius 3 is 1.26 bits per heavy atom. The molecule has 0 aromatic heterocycles. The maximum absolute atomic E-state index is 10.7. The second-order valence-corrected chi connectivity index (χ2v) is 15.6. The number of nitriles is 2. The smallest absolute Gasteiger partial charge is 0.548 e. The third kappa shape index (κ3) is 12.2. The topological polar surface area (TPSA) is 183 Å². The Kier molecular flexibility index (Phi) is 16.5. The van der Waals surface area contributed by atoms with Crippen LogP contribution in [0.5, 0.6) is 11.5 Å². The third-order valence-electron chi connectivity index (χ3n) is 11.0. The first-order valence-corrected chi connectivity index (χ1v) is 20.5. The summed E-state index contributed by atoms with van der Waals surface area (Å²) < 4.78 is 33.4. The number of benzene rings is 6. The SMILES string of the molecule is Cc1cc(C#N)ccc1-c1cccc(COc2ccc(C3(OCC(=O)[O-])COC3)cc2)c1.Cc1cc(C#N)ccc1-c1cccc(COc2ccc(C3(OCC(=O)[O-])COC3)cc2)c1.[Ca+2]. The van der Waals surface area contributed by atoms with E-state index in [2.05, 4.69) is 24.3 Å². The Morgan fingerprint density at radius 1 is 0.569 bits per heavy atom. The van der Waals surface area contributed by atoms with Crippen molar-refractivity contribution in [3.63, 3.8) is 0 Å². The fourth-order valence-corrected chi connectivity index (χ4v) is 7.45. The maximum atomic E-state index is 10.7. The van der Waals surface area contributed by atoms with Crippen molar-refractivity contribution < 1.29 is 48.2 Å². The van der Waals surface area contributed by atoms with Gasteiger partial charge in [-0.1, -0.05) is 72.8 Å². The summed E-state index contributed by atoms with van der Waals surface area (Å²) in [5, 5.41) is 39.6. The zero-order valence-electron chi connectivity index (χ0n) is 36.0. The molecule has 2 heterocycles. The van der Waals surface area contributed by atoms with E-state index in [0.29, 0.717) is 62.3 Å². The number of carbonyl (C=O) groups is 2. The van der Waals surface area contributed by atoms with Crippen molar-refractivity contribution in [2.24, 2.45) is 0 Å². The van der Waals surface area contributed by atoms with Crippen LogP contribution in [-0.4, -0.2) is 89.3 Å². The molecule has 2 aliphatic heterocycles. The van der Waals surface area contributed by atoms with Gasteiger partial charge in [-0.05, 0) is 130 Å². The number of aryl methyl sites for hydroxylation is 2. The Hall–Kier alpha value is -6.06. The molecule has 6 aromatic rings. The molecule has 0 spiro atoms. The molecule has 2 fully saturated rings. The van der Waals surface area contributed by atoms with Gasteiger partial charge in [-0.15, -0.1) is 0 Å². The normalized spacial score (nSPS) is 14.0. The van der Waals surface area contributed by atoms with Crippen molar-refractivity contribution in [2.45, 2.75) is 38.3 Å². The van der Waals surface area contributed by atoms with Crippen molar-refractivity contribution in [1.29, 1.82) is 10.5 Å². The van der Waals surface area contributed by atoms with E-state index in [1.165, 1.54) is 0 Å². The number of ether oxygens (including phenoxy) is 6. The van der Waals surface area contributed by atoms with E-state index in [0.717, 1.165) is 55.6 Å². The average Bonchev–Trinajstić information content (AvgIpc) is 3.28. The summed E-state index contributed by atoms with van der Waals surface area (Å²) in [6, 6.07) is 46.7. The van der Waals surface area contributed by atoms with Gasteiger partial charge in [0.25, 0.3) is 0 Å². The van der Waals surface area contributed by atoms with Crippen LogP contribution >= 0.6 is 0 Å². The van der Waals surface area contributed by atoms with E-state index in [1.807, 2.05) is 135 Å². The monoisotopic (exact) mass is 896 g/mol. The molecule has 12 nitrogen and oxygen atoms in total. The van der Waals surface area contributed by atoms with Gasteiger partial charge in [0.1, 0.15) is 35.9 Å². The summed E-state index contributed by atoms with van der Waals surface area (Å²) >= 11 is 0. The minimum absolute atomic E-state index is 0. The molecule has 8 rings (SSSR count). The van der Waals surface area contributed by atoms with Crippen molar-refractivity contribution in [3.8, 4) is 45.9 Å². The molecule has 0 radical (unpaired) electrons. The number of hydrogen-bond acceptors (Lipinski definition) is 12. The van der Waals surface area contributed by atoms with E-state index in [-0.39, 0.29) is 37.7 Å². The summed E-state index contributed by atoms with van der Waals surface area (Å²) in [6.45, 7) is 5.08. The Bertz CT molecular complexity index is 2510. The van der Waals surface area contributed by atoms with Gasteiger partial charge in [-0.25, -0.2) is 0 Å². The molecule has 0 amide bonds. The number of aliphatic carboxylic acids is 2. The van der Waals surface area contributed by atoms with Gasteiger partial charge >= 0.3 is 37.7 Å². The summed E-state index contributed by atoms with van der Waals surface area (Å²) in [5.41, 5.74) is 9.95. The number of carboxylic acids is 2. The average molecular weight is 897 g/mol. The van der Waals surface area contributed by atoms with Crippen LogP contribution in [0.2, 0.25) is 0 Å². The zero-order valence-corrected chi connectivity index (χ0v) is 38.3. The van der Waals surface area contributed by atoms with Gasteiger partial charge in [-0.3, -0.25) is 0 Å². The minimum Gasteiger partial charge on any atom is -0.548 e. The van der Waals surface area contributed by atoms with Crippen LogP contribution in [0.1, 0.15) is 44.5 Å². The predicted octanol–water partition coefficient (Wildman–Crippen LogP) is 5.83. The zero-order chi connectivity index (χ0) is 45.1. The van der Waals surface area contributed by atoms with Crippen molar-refractivity contribution in [2.75, 3.05) is 39.6 Å². The van der Waals surface area contributed by atoms with Gasteiger partial charge in [0.05, 0.1) is 74.8 Å². The summed E-state index contributed by atoms with van der Waals surface area (Å²) in [7, 11) is 0. The van der Waals surface area contributed by atoms with E-state index < -0.39 is 36.4 Å². The van der Waals surface area contributed by atoms with Crippen LogP contribution in [0.15, 0.2) is 133 Å². The van der Waals surface area contributed by atoms with Gasteiger partial charge in [0, 0.05) is 0 Å². The van der Waals surface area contributed by atoms with Gasteiger partial charge in [-0.2, -0.15) is 10.5 Å². The first-order chi connectivity index (χ1) is 31.0. The molecule has 0 N–H and O–H groups in total. The number of rotatable bonds is 16. The molecule has 2 aliphatic rings. The molecule has 2 saturated heterocycles. The van der Waals surface area contributed by atoms with E-state index >= 15 is 0 Å². The first-order valence-electron chi connectivity index (χ1n) is 20.5. The summed E-state index contributed by atoms with van der Waals surface area (Å²) in [4.78, 5) is 21.5. The quantitative estimate of drug-likeness (QED) is 0.106. The van der Waals surface area contributed by atoms with E-state index in [9.17, 15) is 19.8 Å². The molecular formula is C52H44CaN2O10. The second kappa shape index (κ2) is 22.2. The summed E-state index contributed by atoms with van der Waals surface area (Å²) in [5.74, 6) is -1.11. The van der Waals surface area contributed by atoms with Crippen molar-refractivity contribution in [3.05, 3.63) is 178 Å². The number of carbonyl (C=O) groups excluding carboxylic acids is 2. The van der Waals surface area contributed by atoms with Crippen LogP contribution in [0.4, 0.5) is 0 Å². The van der Waals surface area contributed by atoms with Crippen molar-refractivity contribution in [1.82, 2.24) is 0 Å². The molecule has 0 atom stereocenters. The molecule has 0 saturated carbocycles. The number of nitrogens with zero attached hydrogens (tertiary/aromatic N) is 2. The minimum atomic E-state index is -1.25. The fraction of sp³-hybridized carbons (Fsp3) is 0.231. The van der Waals surface area contributed by atoms with Crippen LogP contribution in [0.25, 0.3) is 22.3 Å². The first kappa shape index (κ1) is 48.4. The third-order valence-corrected chi connectivity index (χ3v) is 11.0. The Morgan fingerprint density at radius 2 is 0.954 bits per heavy atom. The summed E-state index contributed by atoms with van der Waals surface area (Å²) in [6.07, 6.45) is 0. The maximum Gasteiger partial charge on any atom is 2.00 e. The molecule has 0 aliphatic carbocycles. The van der Waals surface area contributed by atoms with Gasteiger partial charge in [0.15, 0.2) is 0 Å². The Balaban J connectivity index is 0.000000212. The molecule has 324 valence electrons. The van der Waals surface area contributed by atoms with Gasteiger partial charge < -0.3 is 48.2 Å². The number of carboxylic acid groups (broad SMARTS) is 2. The standard InChI is InChI=1S/2C26H23NO5.Ca/c2*1-18-11-19(13-27)5-10-24(18)21-4-2-3-20(12-21)14-31-23-8-6-22(7-9-23)26(16-30-17-26)32-15-25(28)29;/h2*2-12H,14-17H2,1H3,(H,28,29);/q;;+2/p-2. The largest absolute Gasteiger partial charge is 2.00 e. The predicted molar refractivity (Wildman–Crippen MR) is 237 cm³/mol. The molecule has 13 heteroatoms. The molecule has 0 unspecified atom stereocenters. The van der Waals surface area contributed by atoms with Crippen LogP contribution in [0, 0.1) is 36.5 Å². The second-order valence-electron chi connectivity index (χ2n) is 15.6. The molecule has 6 aromatic carbocycles. The Labute approximate surface area is 407 Å². The fourth-order valence-electron chi connectivity index (χ4n) is 7.45. The van der Waals surface area contributed by atoms with E-state index in [1.54, 1.807) is 0 Å². The van der Waals surface area contributed by atoms with Crippen molar-refractivity contribution >= 4 is 49.7 Å². The van der Waals surface area contributed by atoms with Gasteiger partial charge in [0.2, 0.25) is 0 Å².